The van der Waals surface area contributed by atoms with Crippen molar-refractivity contribution >= 4 is 27.5 Å². The van der Waals surface area contributed by atoms with E-state index in [1.165, 1.54) is 11.3 Å². The van der Waals surface area contributed by atoms with Gasteiger partial charge in [0.1, 0.15) is 5.69 Å². The number of hydrogen-bond acceptors (Lipinski definition) is 4. The average Bonchev–Trinajstić information content (AvgIpc) is 2.84. The third-order valence-corrected chi connectivity index (χ3v) is 3.15. The first-order chi connectivity index (χ1) is 7.74. The van der Waals surface area contributed by atoms with E-state index in [4.69, 9.17) is 5.73 Å². The van der Waals surface area contributed by atoms with Crippen molar-refractivity contribution in [2.75, 3.05) is 5.73 Å². The van der Waals surface area contributed by atoms with Crippen LogP contribution >= 0.6 is 11.3 Å². The maximum Gasteiger partial charge on any atom is 0.180 e. The Morgan fingerprint density at radius 3 is 2.88 bits per heavy atom. The number of benzene rings is 1. The van der Waals surface area contributed by atoms with Gasteiger partial charge < -0.3 is 10.7 Å². The molecule has 16 heavy (non-hydrogen) atoms. The molecule has 5 heteroatoms. The third-order valence-electron chi connectivity index (χ3n) is 2.48. The van der Waals surface area contributed by atoms with Crippen molar-refractivity contribution in [2.24, 2.45) is 0 Å². The monoisotopic (exact) mass is 230 g/mol. The number of rotatable bonds is 1. The van der Waals surface area contributed by atoms with Crippen LogP contribution in [0.1, 0.15) is 5.56 Å². The van der Waals surface area contributed by atoms with Crippen molar-refractivity contribution in [2.45, 2.75) is 6.92 Å². The molecule has 3 rings (SSSR count). The van der Waals surface area contributed by atoms with E-state index in [2.05, 4.69) is 15.0 Å². The lowest BCUT2D eigenvalue weighted by Crippen LogP contribution is -1.84. The van der Waals surface area contributed by atoms with Crippen LogP contribution in [0.2, 0.25) is 0 Å². The number of fused-ring (bicyclic) bond motifs is 1. The number of thiazole rings is 1. The molecular weight excluding hydrogens is 220 g/mol. The summed E-state index contributed by atoms with van der Waals surface area (Å²) in [6.07, 6.45) is 0. The second-order valence-corrected chi connectivity index (χ2v) is 4.52. The molecule has 3 aromatic rings. The van der Waals surface area contributed by atoms with Gasteiger partial charge in [-0.05, 0) is 18.6 Å². The molecule has 0 saturated carbocycles. The van der Waals surface area contributed by atoms with Crippen LogP contribution in [0.25, 0.3) is 22.6 Å². The Morgan fingerprint density at radius 1 is 1.31 bits per heavy atom. The van der Waals surface area contributed by atoms with Gasteiger partial charge in [-0.15, -0.1) is 11.3 Å². The Kier molecular flexibility index (Phi) is 1.94. The van der Waals surface area contributed by atoms with Gasteiger partial charge in [-0.3, -0.25) is 0 Å². The number of aromatic amines is 1. The quantitative estimate of drug-likeness (QED) is 0.675. The number of para-hydroxylation sites is 1. The van der Waals surface area contributed by atoms with Gasteiger partial charge in [-0.1, -0.05) is 12.1 Å². The summed E-state index contributed by atoms with van der Waals surface area (Å²) in [5.74, 6) is 0.775. The number of H-pyrrole nitrogens is 1. The van der Waals surface area contributed by atoms with E-state index in [9.17, 15) is 0 Å². The van der Waals surface area contributed by atoms with Gasteiger partial charge >= 0.3 is 0 Å². The Morgan fingerprint density at radius 2 is 2.19 bits per heavy atom. The summed E-state index contributed by atoms with van der Waals surface area (Å²) >= 11 is 1.42. The summed E-state index contributed by atoms with van der Waals surface area (Å²) in [6.45, 7) is 2.04. The molecule has 0 fully saturated rings. The van der Waals surface area contributed by atoms with Gasteiger partial charge in [-0.2, -0.15) is 0 Å². The topological polar surface area (TPSA) is 67.6 Å². The first-order valence-electron chi connectivity index (χ1n) is 4.91. The second kappa shape index (κ2) is 3.31. The molecular formula is C11H10N4S. The minimum absolute atomic E-state index is 0.562. The number of nitrogens with zero attached hydrogens (tertiary/aromatic N) is 2. The highest BCUT2D eigenvalue weighted by molar-refractivity contribution is 7.13. The lowest BCUT2D eigenvalue weighted by atomic mass is 10.2. The van der Waals surface area contributed by atoms with Crippen LogP contribution in [-0.4, -0.2) is 15.0 Å². The van der Waals surface area contributed by atoms with Crippen molar-refractivity contribution in [3.8, 4) is 11.5 Å². The highest BCUT2D eigenvalue weighted by Crippen LogP contribution is 2.24. The molecule has 0 unspecified atom stereocenters. The molecule has 0 spiro atoms. The van der Waals surface area contributed by atoms with Crippen LogP contribution in [0.3, 0.4) is 0 Å². The Bertz CT molecular complexity index is 653. The van der Waals surface area contributed by atoms with Gasteiger partial charge in [-0.25, -0.2) is 9.97 Å². The van der Waals surface area contributed by atoms with Crippen molar-refractivity contribution in [1.82, 2.24) is 15.0 Å². The lowest BCUT2D eigenvalue weighted by molar-refractivity contribution is 1.27. The molecule has 0 aliphatic heterocycles. The predicted molar refractivity (Wildman–Crippen MR) is 66.4 cm³/mol. The van der Waals surface area contributed by atoms with Gasteiger partial charge in [0.15, 0.2) is 11.0 Å². The summed E-state index contributed by atoms with van der Waals surface area (Å²) < 4.78 is 0. The van der Waals surface area contributed by atoms with Crippen molar-refractivity contribution in [3.63, 3.8) is 0 Å². The molecule has 0 radical (unpaired) electrons. The fourth-order valence-corrected chi connectivity index (χ4v) is 2.24. The summed E-state index contributed by atoms with van der Waals surface area (Å²) in [7, 11) is 0. The number of hydrogen-bond donors (Lipinski definition) is 2. The molecule has 1 aromatic carbocycles. The summed E-state index contributed by atoms with van der Waals surface area (Å²) in [4.78, 5) is 12.0. The molecule has 2 heterocycles. The second-order valence-electron chi connectivity index (χ2n) is 3.63. The lowest BCUT2D eigenvalue weighted by Gasteiger charge is -1.90. The average molecular weight is 230 g/mol. The smallest absolute Gasteiger partial charge is 0.180 e. The number of imidazole rings is 1. The summed E-state index contributed by atoms with van der Waals surface area (Å²) in [5.41, 5.74) is 9.58. The van der Waals surface area contributed by atoms with Crippen LogP contribution in [0.15, 0.2) is 23.6 Å². The molecule has 2 aromatic heterocycles. The van der Waals surface area contributed by atoms with E-state index >= 15 is 0 Å². The number of anilines is 1. The number of aromatic nitrogens is 3. The van der Waals surface area contributed by atoms with E-state index in [-0.39, 0.29) is 0 Å². The summed E-state index contributed by atoms with van der Waals surface area (Å²) in [5, 5.41) is 2.47. The maximum atomic E-state index is 5.61. The maximum absolute atomic E-state index is 5.61. The SMILES string of the molecule is Cc1cccc2[nH]c(-c3csc(N)n3)nc12. The van der Waals surface area contributed by atoms with Gasteiger partial charge in [0.25, 0.3) is 0 Å². The number of nitrogens with one attached hydrogen (secondary N) is 1. The van der Waals surface area contributed by atoms with E-state index in [0.29, 0.717) is 5.13 Å². The first kappa shape index (κ1) is 9.35. The molecule has 80 valence electrons. The Labute approximate surface area is 96.2 Å². The van der Waals surface area contributed by atoms with Crippen LogP contribution < -0.4 is 5.73 Å². The van der Waals surface area contributed by atoms with Gasteiger partial charge in [0, 0.05) is 5.38 Å². The largest absolute Gasteiger partial charge is 0.375 e. The van der Waals surface area contributed by atoms with E-state index in [1.54, 1.807) is 0 Å². The number of nitrogen functional groups attached to an aromatic ring is 1. The number of nitrogens with two attached hydrogens (primary N) is 1. The molecule has 0 amide bonds. The normalized spacial score (nSPS) is 11.1. The minimum atomic E-state index is 0.562. The number of aryl methyl sites for hydroxylation is 1. The molecule has 0 saturated heterocycles. The van der Waals surface area contributed by atoms with Gasteiger partial charge in [0.2, 0.25) is 0 Å². The fraction of sp³-hybridized carbons (Fsp3) is 0.0909. The van der Waals surface area contributed by atoms with Crippen molar-refractivity contribution < 1.29 is 0 Å². The fourth-order valence-electron chi connectivity index (χ4n) is 1.69. The standard InChI is InChI=1S/C11H10N4S/c1-6-3-2-4-7-9(6)15-10(13-7)8-5-16-11(12)14-8/h2-5H,1H3,(H2,12,14)(H,13,15). The highest BCUT2D eigenvalue weighted by Gasteiger charge is 2.09. The zero-order chi connectivity index (χ0) is 11.1. The zero-order valence-electron chi connectivity index (χ0n) is 8.69. The van der Waals surface area contributed by atoms with E-state index < -0.39 is 0 Å². The molecule has 0 atom stereocenters. The van der Waals surface area contributed by atoms with Crippen LogP contribution in [0, 0.1) is 6.92 Å². The minimum Gasteiger partial charge on any atom is -0.375 e. The molecule has 0 bridgehead atoms. The Hall–Kier alpha value is -1.88. The van der Waals surface area contributed by atoms with Crippen molar-refractivity contribution in [3.05, 3.63) is 29.1 Å². The first-order valence-corrected chi connectivity index (χ1v) is 5.79. The van der Waals surface area contributed by atoms with Crippen LogP contribution in [-0.2, 0) is 0 Å². The van der Waals surface area contributed by atoms with E-state index in [1.807, 2.05) is 30.5 Å². The van der Waals surface area contributed by atoms with E-state index in [0.717, 1.165) is 28.1 Å². The Balaban J connectivity index is 2.22. The molecule has 0 aliphatic carbocycles. The molecule has 0 aliphatic rings. The highest BCUT2D eigenvalue weighted by atomic mass is 32.1. The van der Waals surface area contributed by atoms with Crippen molar-refractivity contribution in [1.29, 1.82) is 0 Å². The van der Waals surface area contributed by atoms with Crippen LogP contribution in [0.4, 0.5) is 5.13 Å². The zero-order valence-corrected chi connectivity index (χ0v) is 9.51. The predicted octanol–water partition coefficient (Wildman–Crippen LogP) is 2.58. The van der Waals surface area contributed by atoms with Crippen LogP contribution in [0.5, 0.6) is 0 Å². The molecule has 3 N–H and O–H groups in total. The summed E-state index contributed by atoms with van der Waals surface area (Å²) in [6, 6.07) is 6.06. The third kappa shape index (κ3) is 1.37. The van der Waals surface area contributed by atoms with Gasteiger partial charge in [0.05, 0.1) is 11.0 Å². The molecule has 4 nitrogen and oxygen atoms in total.